The number of aromatic nitrogens is 1. The number of nitrogens with one attached hydrogen (secondary N) is 1. The van der Waals surface area contributed by atoms with Gasteiger partial charge in [0.05, 0.1) is 6.04 Å². The summed E-state index contributed by atoms with van der Waals surface area (Å²) in [5, 5.41) is 1.44. The highest BCUT2D eigenvalue weighted by Gasteiger charge is 2.39. The summed E-state index contributed by atoms with van der Waals surface area (Å²) in [5.41, 5.74) is 4.37. The van der Waals surface area contributed by atoms with Crippen molar-refractivity contribution in [2.45, 2.75) is 57.8 Å². The van der Waals surface area contributed by atoms with E-state index in [1.807, 2.05) is 13.8 Å². The van der Waals surface area contributed by atoms with E-state index in [0.717, 1.165) is 12.8 Å². The molecule has 1 N–H and O–H groups in total. The summed E-state index contributed by atoms with van der Waals surface area (Å²) in [7, 11) is 0. The number of para-hydroxylation sites is 1. The van der Waals surface area contributed by atoms with Gasteiger partial charge in [0.25, 0.3) is 0 Å². The van der Waals surface area contributed by atoms with Crippen LogP contribution in [0.5, 0.6) is 0 Å². The predicted molar refractivity (Wildman–Crippen MR) is 101 cm³/mol. The number of hydrogen-bond donors (Lipinski definition) is 1. The molecule has 4 heteroatoms. The fourth-order valence-corrected chi connectivity index (χ4v) is 4.77. The lowest BCUT2D eigenvalue weighted by molar-refractivity contribution is -0.140. The fraction of sp³-hybridized carbons (Fsp3) is 0.619. The molecule has 3 atom stereocenters. The molecule has 0 amide bonds. The second kappa shape index (κ2) is 7.48. The molecule has 1 saturated heterocycles. The molecular formula is C21H30N2O2. The molecule has 2 aliphatic rings. The Hall–Kier alpha value is -1.36. The summed E-state index contributed by atoms with van der Waals surface area (Å²) >= 11 is 0. The van der Waals surface area contributed by atoms with Crippen molar-refractivity contribution in [3.05, 3.63) is 35.5 Å². The summed E-state index contributed by atoms with van der Waals surface area (Å²) < 4.78 is 11.4. The van der Waals surface area contributed by atoms with E-state index >= 15 is 0 Å². The summed E-state index contributed by atoms with van der Waals surface area (Å²) in [6.45, 7) is 7.96. The second-order valence-electron chi connectivity index (χ2n) is 7.27. The van der Waals surface area contributed by atoms with Crippen LogP contribution in [-0.2, 0) is 9.47 Å². The van der Waals surface area contributed by atoms with Crippen LogP contribution in [0.15, 0.2) is 24.3 Å². The number of ether oxygens (including phenoxy) is 2. The molecular weight excluding hydrogens is 312 g/mol. The number of fused-ring (bicyclic) bond motifs is 6. The first-order chi connectivity index (χ1) is 12.3. The maximum absolute atomic E-state index is 5.71. The van der Waals surface area contributed by atoms with Crippen molar-refractivity contribution in [3.63, 3.8) is 0 Å². The molecule has 2 bridgehead atoms. The lowest BCUT2D eigenvalue weighted by atomic mass is 9.89. The Balaban J connectivity index is 1.51. The monoisotopic (exact) mass is 342 g/mol. The highest BCUT2D eigenvalue weighted by atomic mass is 16.7. The molecule has 1 unspecified atom stereocenters. The number of aromatic amines is 1. The van der Waals surface area contributed by atoms with Crippen molar-refractivity contribution in [3.8, 4) is 0 Å². The molecule has 25 heavy (non-hydrogen) atoms. The lowest BCUT2D eigenvalue weighted by Gasteiger charge is -2.33. The smallest absolute Gasteiger partial charge is 0.157 e. The Morgan fingerprint density at radius 1 is 1.20 bits per heavy atom. The molecule has 0 saturated carbocycles. The molecule has 1 fully saturated rings. The van der Waals surface area contributed by atoms with E-state index in [0.29, 0.717) is 25.2 Å². The molecule has 4 rings (SSSR count). The number of hydrogen-bond acceptors (Lipinski definition) is 3. The molecule has 1 aromatic heterocycles. The average molecular weight is 342 g/mol. The highest BCUT2D eigenvalue weighted by Crippen LogP contribution is 2.47. The van der Waals surface area contributed by atoms with Gasteiger partial charge in [0, 0.05) is 42.3 Å². The number of nitrogens with zero attached hydrogens (tertiary/aromatic N) is 1. The van der Waals surface area contributed by atoms with E-state index in [2.05, 4.69) is 34.1 Å². The van der Waals surface area contributed by atoms with Gasteiger partial charge in [-0.15, -0.1) is 0 Å². The van der Waals surface area contributed by atoms with Crippen LogP contribution in [0.1, 0.15) is 62.7 Å². The quantitative estimate of drug-likeness (QED) is 0.714. The average Bonchev–Trinajstić information content (AvgIpc) is 3.21. The van der Waals surface area contributed by atoms with Gasteiger partial charge in [-0.05, 0) is 57.7 Å². The van der Waals surface area contributed by atoms with Gasteiger partial charge in [-0.2, -0.15) is 0 Å². The van der Waals surface area contributed by atoms with Crippen LogP contribution in [-0.4, -0.2) is 42.5 Å². The predicted octanol–water partition coefficient (Wildman–Crippen LogP) is 4.58. The van der Waals surface area contributed by atoms with Gasteiger partial charge >= 0.3 is 0 Å². The zero-order valence-corrected chi connectivity index (χ0v) is 15.5. The largest absolute Gasteiger partial charge is 0.357 e. The van der Waals surface area contributed by atoms with Crippen LogP contribution >= 0.6 is 0 Å². The molecule has 0 radical (unpaired) electrons. The van der Waals surface area contributed by atoms with Gasteiger partial charge in [-0.1, -0.05) is 18.2 Å². The number of H-pyrrole nitrogens is 1. The van der Waals surface area contributed by atoms with Crippen molar-refractivity contribution < 1.29 is 9.47 Å². The van der Waals surface area contributed by atoms with E-state index in [1.54, 1.807) is 5.56 Å². The summed E-state index contributed by atoms with van der Waals surface area (Å²) in [4.78, 5) is 6.43. The maximum atomic E-state index is 5.71. The Kier molecular flexibility index (Phi) is 5.11. The Labute approximate surface area is 150 Å². The maximum Gasteiger partial charge on any atom is 0.157 e. The van der Waals surface area contributed by atoms with Crippen LogP contribution in [0.2, 0.25) is 0 Å². The molecule has 2 aliphatic heterocycles. The van der Waals surface area contributed by atoms with Crippen molar-refractivity contribution in [1.29, 1.82) is 0 Å². The number of benzene rings is 1. The first-order valence-corrected chi connectivity index (χ1v) is 9.89. The molecule has 0 aliphatic carbocycles. The zero-order valence-electron chi connectivity index (χ0n) is 15.5. The minimum Gasteiger partial charge on any atom is -0.357 e. The first kappa shape index (κ1) is 17.1. The molecule has 2 aromatic rings. The minimum atomic E-state index is -0.0490. The minimum absolute atomic E-state index is 0.0490. The van der Waals surface area contributed by atoms with Crippen molar-refractivity contribution in [2.75, 3.05) is 26.3 Å². The van der Waals surface area contributed by atoms with Gasteiger partial charge in [0.2, 0.25) is 0 Å². The Morgan fingerprint density at radius 2 is 2.00 bits per heavy atom. The standard InChI is InChI=1S/C21H30N2O2/c1-3-24-19(25-4-2)11-7-10-18-21-20(15-12-13-23(18)14-15)16-8-5-6-9-17(16)22-21/h5-6,8-9,15,18-19,22H,3-4,7,10-14H2,1-2H3/t15-,18-/m0/s1. The highest BCUT2D eigenvalue weighted by molar-refractivity contribution is 5.85. The fourth-order valence-electron chi connectivity index (χ4n) is 4.77. The van der Waals surface area contributed by atoms with Crippen LogP contribution in [0.3, 0.4) is 0 Å². The van der Waals surface area contributed by atoms with E-state index < -0.39 is 0 Å². The molecule has 3 heterocycles. The summed E-state index contributed by atoms with van der Waals surface area (Å²) in [5.74, 6) is 0.710. The van der Waals surface area contributed by atoms with E-state index in [4.69, 9.17) is 9.47 Å². The van der Waals surface area contributed by atoms with E-state index in [9.17, 15) is 0 Å². The topological polar surface area (TPSA) is 37.5 Å². The number of rotatable bonds is 8. The van der Waals surface area contributed by atoms with Gasteiger partial charge in [0.15, 0.2) is 6.29 Å². The second-order valence-corrected chi connectivity index (χ2v) is 7.27. The third-order valence-electron chi connectivity index (χ3n) is 5.80. The Bertz CT molecular complexity index is 705. The zero-order chi connectivity index (χ0) is 17.2. The third-order valence-corrected chi connectivity index (χ3v) is 5.80. The van der Waals surface area contributed by atoms with Crippen molar-refractivity contribution in [1.82, 2.24) is 9.88 Å². The molecule has 1 aromatic carbocycles. The van der Waals surface area contributed by atoms with Gasteiger partial charge in [-0.25, -0.2) is 0 Å². The SMILES string of the molecule is CCOC(CCC[C@H]1c2[nH]c3ccccc3c2[C@H]2CCN1C2)OCC. The van der Waals surface area contributed by atoms with Crippen molar-refractivity contribution in [2.24, 2.45) is 0 Å². The van der Waals surface area contributed by atoms with Gasteiger partial charge in [0.1, 0.15) is 0 Å². The molecule has 0 spiro atoms. The summed E-state index contributed by atoms with van der Waals surface area (Å²) in [6.07, 6.45) is 4.53. The van der Waals surface area contributed by atoms with Crippen LogP contribution < -0.4 is 0 Å². The third kappa shape index (κ3) is 3.23. The normalized spacial score (nSPS) is 25.0. The molecule has 4 nitrogen and oxygen atoms in total. The van der Waals surface area contributed by atoms with E-state index in [-0.39, 0.29) is 6.29 Å². The lowest BCUT2D eigenvalue weighted by Crippen LogP contribution is -2.31. The Morgan fingerprint density at radius 3 is 2.80 bits per heavy atom. The van der Waals surface area contributed by atoms with Crippen LogP contribution in [0.4, 0.5) is 0 Å². The van der Waals surface area contributed by atoms with Gasteiger partial charge in [-0.3, -0.25) is 4.90 Å². The van der Waals surface area contributed by atoms with Gasteiger partial charge < -0.3 is 14.5 Å². The van der Waals surface area contributed by atoms with Crippen LogP contribution in [0, 0.1) is 0 Å². The van der Waals surface area contributed by atoms with E-state index in [1.165, 1.54) is 42.5 Å². The summed E-state index contributed by atoms with van der Waals surface area (Å²) in [6, 6.07) is 9.32. The van der Waals surface area contributed by atoms with Crippen LogP contribution in [0.25, 0.3) is 10.9 Å². The first-order valence-electron chi connectivity index (χ1n) is 9.89. The van der Waals surface area contributed by atoms with Crippen molar-refractivity contribution >= 4 is 10.9 Å². The molecule has 136 valence electrons.